The van der Waals surface area contributed by atoms with Gasteiger partial charge < -0.3 is 5.32 Å². The fourth-order valence-corrected chi connectivity index (χ4v) is 3.71. The van der Waals surface area contributed by atoms with Crippen LogP contribution in [0.3, 0.4) is 0 Å². The van der Waals surface area contributed by atoms with Crippen molar-refractivity contribution in [3.8, 4) is 5.69 Å². The second-order valence-corrected chi connectivity index (χ2v) is 7.14. The van der Waals surface area contributed by atoms with E-state index in [4.69, 9.17) is 11.6 Å². The lowest BCUT2D eigenvalue weighted by Crippen LogP contribution is -2.22. The summed E-state index contributed by atoms with van der Waals surface area (Å²) in [5.74, 6) is 0. The Morgan fingerprint density at radius 2 is 2.04 bits per heavy atom. The molecule has 2 heterocycles. The Bertz CT molecular complexity index is 987. The molecule has 2 aromatic heterocycles. The maximum Gasteiger partial charge on any atom is 0.292 e. The van der Waals surface area contributed by atoms with Crippen molar-refractivity contribution < 1.29 is 4.92 Å². The highest BCUT2D eigenvalue weighted by molar-refractivity contribution is 9.10. The Balaban J connectivity index is 1.86. The van der Waals surface area contributed by atoms with Crippen LogP contribution in [-0.4, -0.2) is 14.7 Å². The summed E-state index contributed by atoms with van der Waals surface area (Å²) < 4.78 is 2.08. The molecule has 0 atom stereocenters. The maximum absolute atomic E-state index is 12.4. The van der Waals surface area contributed by atoms with E-state index in [0.29, 0.717) is 17.9 Å². The van der Waals surface area contributed by atoms with Crippen LogP contribution in [0, 0.1) is 10.1 Å². The highest BCUT2D eigenvalue weighted by atomic mass is 79.9. The molecule has 3 rings (SSSR count). The van der Waals surface area contributed by atoms with Gasteiger partial charge in [0.2, 0.25) is 0 Å². The predicted octanol–water partition coefficient (Wildman–Crippen LogP) is 4.23. The van der Waals surface area contributed by atoms with Crippen molar-refractivity contribution in [1.82, 2.24) is 9.78 Å². The minimum absolute atomic E-state index is 0.000955. The van der Waals surface area contributed by atoms with E-state index in [1.807, 2.05) is 11.4 Å². The zero-order chi connectivity index (χ0) is 18.0. The number of nitro groups is 1. The number of hydrogen-bond donors (Lipinski definition) is 1. The first kappa shape index (κ1) is 17.6. The summed E-state index contributed by atoms with van der Waals surface area (Å²) >= 11 is 11.2. The van der Waals surface area contributed by atoms with Crippen molar-refractivity contribution in [3.05, 3.63) is 76.7 Å². The topological polar surface area (TPSA) is 90.1 Å². The monoisotopic (exact) mass is 440 g/mol. The zero-order valence-corrected chi connectivity index (χ0v) is 15.6. The van der Waals surface area contributed by atoms with E-state index >= 15 is 0 Å². The Kier molecular flexibility index (Phi) is 5.16. The highest BCUT2D eigenvalue weighted by Crippen LogP contribution is 2.25. The van der Waals surface area contributed by atoms with Crippen molar-refractivity contribution in [1.29, 1.82) is 0 Å². The molecule has 25 heavy (non-hydrogen) atoms. The fraction of sp³-hybridized carbons (Fsp3) is 0.0667. The molecule has 0 fully saturated rings. The van der Waals surface area contributed by atoms with E-state index in [1.165, 1.54) is 30.5 Å². The lowest BCUT2D eigenvalue weighted by atomic mass is 10.3. The molecule has 0 unspecified atom stereocenters. The van der Waals surface area contributed by atoms with Gasteiger partial charge in [-0.3, -0.25) is 14.9 Å². The van der Waals surface area contributed by atoms with E-state index in [-0.39, 0.29) is 10.7 Å². The van der Waals surface area contributed by atoms with Gasteiger partial charge in [0, 0.05) is 21.5 Å². The van der Waals surface area contributed by atoms with Crippen LogP contribution in [0.2, 0.25) is 5.02 Å². The first-order chi connectivity index (χ1) is 12.0. The summed E-state index contributed by atoms with van der Waals surface area (Å²) in [4.78, 5) is 23.7. The Morgan fingerprint density at radius 1 is 1.32 bits per heavy atom. The highest BCUT2D eigenvalue weighted by Gasteiger charge is 2.12. The first-order valence-corrected chi connectivity index (χ1v) is 9.01. The Hall–Kier alpha value is -2.23. The molecular weight excluding hydrogens is 432 g/mol. The Morgan fingerprint density at radius 3 is 2.64 bits per heavy atom. The summed E-state index contributed by atoms with van der Waals surface area (Å²) in [6, 6.07) is 7.43. The van der Waals surface area contributed by atoms with Gasteiger partial charge in [0.1, 0.15) is 5.02 Å². The van der Waals surface area contributed by atoms with Crippen molar-refractivity contribution in [2.45, 2.75) is 6.54 Å². The van der Waals surface area contributed by atoms with Gasteiger partial charge in [0.15, 0.2) is 0 Å². The number of non-ortho nitro benzene ring substituents is 1. The number of benzene rings is 1. The van der Waals surface area contributed by atoms with Crippen LogP contribution in [0.5, 0.6) is 0 Å². The molecule has 0 aliphatic heterocycles. The molecule has 0 radical (unpaired) electrons. The quantitative estimate of drug-likeness (QED) is 0.473. The minimum Gasteiger partial charge on any atom is -0.377 e. The van der Waals surface area contributed by atoms with E-state index in [0.717, 1.165) is 14.0 Å². The number of rotatable bonds is 5. The third-order valence-electron chi connectivity index (χ3n) is 3.35. The molecule has 0 saturated heterocycles. The van der Waals surface area contributed by atoms with E-state index in [9.17, 15) is 14.9 Å². The average Bonchev–Trinajstić information content (AvgIpc) is 3.01. The largest absolute Gasteiger partial charge is 0.377 e. The lowest BCUT2D eigenvalue weighted by molar-refractivity contribution is -0.384. The number of nitro benzene ring substituents is 1. The normalized spacial score (nSPS) is 10.6. The van der Waals surface area contributed by atoms with Gasteiger partial charge in [0.25, 0.3) is 11.2 Å². The average molecular weight is 442 g/mol. The van der Waals surface area contributed by atoms with E-state index in [2.05, 4.69) is 26.3 Å². The number of thiophene rings is 1. The van der Waals surface area contributed by atoms with Crippen molar-refractivity contribution in [2.75, 3.05) is 5.32 Å². The lowest BCUT2D eigenvalue weighted by Gasteiger charge is -2.10. The Labute approximate surface area is 159 Å². The van der Waals surface area contributed by atoms with Gasteiger partial charge in [-0.2, -0.15) is 9.78 Å². The molecule has 0 amide bonds. The van der Waals surface area contributed by atoms with Gasteiger partial charge in [-0.1, -0.05) is 11.6 Å². The molecule has 7 nitrogen and oxygen atoms in total. The van der Waals surface area contributed by atoms with Crippen LogP contribution < -0.4 is 10.9 Å². The summed E-state index contributed by atoms with van der Waals surface area (Å²) in [5, 5.41) is 19.8. The van der Waals surface area contributed by atoms with E-state index < -0.39 is 10.5 Å². The molecule has 0 saturated carbocycles. The zero-order valence-electron chi connectivity index (χ0n) is 12.5. The molecule has 3 aromatic rings. The number of halogens is 2. The molecular formula is C15H10BrClN4O3S. The van der Waals surface area contributed by atoms with Crippen LogP contribution in [0.4, 0.5) is 11.4 Å². The number of hydrogen-bond acceptors (Lipinski definition) is 6. The molecule has 0 bridgehead atoms. The minimum atomic E-state index is -0.511. The smallest absolute Gasteiger partial charge is 0.292 e. The van der Waals surface area contributed by atoms with Crippen LogP contribution in [0.1, 0.15) is 4.88 Å². The van der Waals surface area contributed by atoms with Gasteiger partial charge in [-0.15, -0.1) is 11.3 Å². The van der Waals surface area contributed by atoms with Crippen molar-refractivity contribution >= 4 is 50.2 Å². The SMILES string of the molecule is O=c1c(Cl)c(NCc2sccc2Br)cnn1-c1ccc([N+](=O)[O-])cc1. The molecule has 0 aliphatic carbocycles. The number of nitrogens with zero attached hydrogens (tertiary/aromatic N) is 3. The number of nitrogens with one attached hydrogen (secondary N) is 1. The number of anilines is 1. The standard InChI is InChI=1S/C15H10BrClN4O3S/c16-11-5-6-25-13(11)8-18-12-7-19-20(15(22)14(12)17)9-1-3-10(4-2-9)21(23)24/h1-7,18H,8H2. The van der Waals surface area contributed by atoms with Crippen molar-refractivity contribution in [2.24, 2.45) is 0 Å². The second kappa shape index (κ2) is 7.34. The third kappa shape index (κ3) is 3.73. The maximum atomic E-state index is 12.4. The van der Waals surface area contributed by atoms with E-state index in [1.54, 1.807) is 11.3 Å². The summed E-state index contributed by atoms with van der Waals surface area (Å²) in [6.07, 6.45) is 1.45. The molecule has 0 spiro atoms. The molecule has 0 aliphatic rings. The molecule has 128 valence electrons. The van der Waals surface area contributed by atoms with Crippen LogP contribution in [0.25, 0.3) is 5.69 Å². The van der Waals surface area contributed by atoms with Gasteiger partial charge >= 0.3 is 0 Å². The van der Waals surface area contributed by atoms with Crippen molar-refractivity contribution in [3.63, 3.8) is 0 Å². The number of aromatic nitrogens is 2. The molecule has 10 heteroatoms. The molecule has 1 aromatic carbocycles. The van der Waals surface area contributed by atoms with Gasteiger partial charge in [-0.05, 0) is 39.5 Å². The van der Waals surface area contributed by atoms with Crippen LogP contribution in [-0.2, 0) is 6.54 Å². The summed E-state index contributed by atoms with van der Waals surface area (Å²) in [6.45, 7) is 0.501. The summed E-state index contributed by atoms with van der Waals surface area (Å²) in [5.41, 5.74) is 0.239. The first-order valence-electron chi connectivity index (χ1n) is 6.96. The summed E-state index contributed by atoms with van der Waals surface area (Å²) in [7, 11) is 0. The molecule has 1 N–H and O–H groups in total. The fourth-order valence-electron chi connectivity index (χ4n) is 2.08. The third-order valence-corrected chi connectivity index (χ3v) is 5.65. The van der Waals surface area contributed by atoms with Crippen LogP contribution >= 0.6 is 38.9 Å². The van der Waals surface area contributed by atoms with Gasteiger partial charge in [0.05, 0.1) is 29.0 Å². The predicted molar refractivity (Wildman–Crippen MR) is 101 cm³/mol. The van der Waals surface area contributed by atoms with Gasteiger partial charge in [-0.25, -0.2) is 0 Å². The second-order valence-electron chi connectivity index (χ2n) is 4.91. The van der Waals surface area contributed by atoms with Crippen LogP contribution in [0.15, 0.2) is 51.2 Å².